The summed E-state index contributed by atoms with van der Waals surface area (Å²) in [6.07, 6.45) is -0.0302. The molecule has 2 aliphatic rings. The molecular weight excluding hydrogens is 487 g/mol. The van der Waals surface area contributed by atoms with E-state index in [2.05, 4.69) is 5.32 Å². The predicted octanol–water partition coefficient (Wildman–Crippen LogP) is 0.0462. The van der Waals surface area contributed by atoms with Crippen LogP contribution in [0.4, 0.5) is 8.78 Å². The molecule has 7 nitrogen and oxygen atoms in total. The lowest BCUT2D eigenvalue weighted by Crippen LogP contribution is -2.59. The lowest BCUT2D eigenvalue weighted by atomic mass is 9.57. The van der Waals surface area contributed by atoms with E-state index in [9.17, 15) is 28.0 Å². The minimum atomic E-state index is -3.95. The van der Waals surface area contributed by atoms with Gasteiger partial charge in [-0.1, -0.05) is 41.3 Å². The molecule has 36 heavy (non-hydrogen) atoms. The number of piperidine rings is 1. The summed E-state index contributed by atoms with van der Waals surface area (Å²) < 4.78 is 29.5. The summed E-state index contributed by atoms with van der Waals surface area (Å²) in [5, 5.41) is 0.331. The Morgan fingerprint density at radius 1 is 1.19 bits per heavy atom. The highest BCUT2D eigenvalue weighted by atomic mass is 35.5. The number of rotatable bonds is 5. The third-order valence-corrected chi connectivity index (χ3v) is 6.35. The second kappa shape index (κ2) is 9.10. The molecule has 1 unspecified atom stereocenters. The Balaban J connectivity index is 1.61. The van der Waals surface area contributed by atoms with E-state index in [1.165, 1.54) is 24.3 Å². The molecule has 0 aromatic heterocycles. The van der Waals surface area contributed by atoms with Crippen molar-refractivity contribution in [2.75, 3.05) is 0 Å². The number of imide groups is 1. The van der Waals surface area contributed by atoms with E-state index in [1.54, 1.807) is 0 Å². The van der Waals surface area contributed by atoms with Crippen LogP contribution in [0.2, 0.25) is 5.02 Å². The van der Waals surface area contributed by atoms with Gasteiger partial charge in [0.15, 0.2) is 0 Å². The first kappa shape index (κ1) is 26.0. The van der Waals surface area contributed by atoms with Gasteiger partial charge >= 0.3 is 5.92 Å². The van der Waals surface area contributed by atoms with Gasteiger partial charge in [-0.05, 0) is 35.0 Å². The van der Waals surface area contributed by atoms with Crippen molar-refractivity contribution in [3.05, 3.63) is 63.7 Å². The number of halogens is 3. The molecule has 14 heteroatoms. The molecule has 2 aromatic carbocycles. The van der Waals surface area contributed by atoms with Gasteiger partial charge in [-0.3, -0.25) is 24.5 Å². The monoisotopic (exact) mass is 501 g/mol. The fourth-order valence-corrected chi connectivity index (χ4v) is 4.48. The maximum atomic E-state index is 14.7. The zero-order valence-electron chi connectivity index (χ0n) is 18.6. The number of alkyl halides is 2. The molecule has 2 aliphatic heterocycles. The van der Waals surface area contributed by atoms with E-state index < -0.39 is 53.0 Å². The Morgan fingerprint density at radius 3 is 2.44 bits per heavy atom. The summed E-state index contributed by atoms with van der Waals surface area (Å²) in [5.74, 6) is -7.62. The van der Waals surface area contributed by atoms with E-state index >= 15 is 0 Å². The molecule has 2 aromatic rings. The smallest absolute Gasteiger partial charge is 0.348 e. The SMILES string of the molecule is [B]c1cc(CN([B])C(=O)C(F)(F)c2ccc(Cl)cc2)cc2c1C(=O)N(C1CCC(=O)NC1=O)C2([B])[B]. The number of fused-ring (bicyclic) bond motifs is 1. The van der Waals surface area contributed by atoms with Crippen LogP contribution in [0.1, 0.15) is 39.9 Å². The first-order valence-corrected chi connectivity index (χ1v) is 11.0. The van der Waals surface area contributed by atoms with Crippen molar-refractivity contribution < 1.29 is 28.0 Å². The number of benzene rings is 2. The van der Waals surface area contributed by atoms with Crippen molar-refractivity contribution in [1.82, 2.24) is 15.0 Å². The number of nitrogens with zero attached hydrogens (tertiary/aromatic N) is 2. The summed E-state index contributed by atoms with van der Waals surface area (Å²) in [7, 11) is 24.3. The number of amides is 4. The third kappa shape index (κ3) is 4.34. The zero-order chi connectivity index (χ0) is 26.6. The minimum absolute atomic E-state index is 0.00182. The van der Waals surface area contributed by atoms with Crippen LogP contribution in [-0.4, -0.2) is 70.9 Å². The highest BCUT2D eigenvalue weighted by Gasteiger charge is 2.49. The summed E-state index contributed by atoms with van der Waals surface area (Å²) in [4.78, 5) is 50.7. The quantitative estimate of drug-likeness (QED) is 0.464. The fraction of sp³-hybridized carbons (Fsp3) is 0.273. The molecule has 1 atom stereocenters. The number of hydrogen-bond acceptors (Lipinski definition) is 4. The fourth-order valence-electron chi connectivity index (χ4n) is 4.35. The maximum absolute atomic E-state index is 14.7. The molecule has 0 spiro atoms. The molecule has 4 rings (SSSR count). The minimum Gasteiger partial charge on any atom is -0.387 e. The second-order valence-corrected chi connectivity index (χ2v) is 9.03. The van der Waals surface area contributed by atoms with E-state index in [0.717, 1.165) is 17.0 Å². The summed E-state index contributed by atoms with van der Waals surface area (Å²) >= 11 is 5.72. The number of nitrogens with one attached hydrogen (secondary N) is 1. The van der Waals surface area contributed by atoms with Crippen molar-refractivity contribution in [3.8, 4) is 0 Å². The van der Waals surface area contributed by atoms with E-state index in [4.69, 9.17) is 43.1 Å². The lowest BCUT2D eigenvalue weighted by Gasteiger charge is -2.40. The van der Waals surface area contributed by atoms with Gasteiger partial charge in [0, 0.05) is 29.1 Å². The van der Waals surface area contributed by atoms with Crippen molar-refractivity contribution in [1.29, 1.82) is 0 Å². The molecule has 1 saturated heterocycles. The van der Waals surface area contributed by atoms with Gasteiger partial charge in [0.1, 0.15) is 13.9 Å². The molecule has 0 saturated carbocycles. The number of carbonyl (C=O) groups is 4. The standard InChI is InChI=1S/C22H14B4ClF2N3O4/c23-14-8-10(9-31(26)20(36)21(28,29)11-1-3-12(27)4-2-11)7-13-17(14)19(35)32(22(13,24)25)15-5-6-16(33)30-18(15)34/h1-4,7-8,15H,5-6,9H2,(H,30,33,34). The van der Waals surface area contributed by atoms with Crippen LogP contribution >= 0.6 is 11.6 Å². The molecule has 8 radical (unpaired) electrons. The second-order valence-electron chi connectivity index (χ2n) is 8.59. The number of carbonyl (C=O) groups excluding carboxylic acids is 4. The molecule has 0 bridgehead atoms. The molecule has 4 amide bonds. The highest BCUT2D eigenvalue weighted by Crippen LogP contribution is 2.38. The van der Waals surface area contributed by atoms with Crippen LogP contribution in [0.3, 0.4) is 0 Å². The van der Waals surface area contributed by atoms with Gasteiger partial charge in [0.2, 0.25) is 19.8 Å². The molecule has 2 heterocycles. The van der Waals surface area contributed by atoms with Gasteiger partial charge in [-0.15, -0.1) is 0 Å². The van der Waals surface area contributed by atoms with Crippen LogP contribution < -0.4 is 10.8 Å². The molecular formula is C22H14B4ClF2N3O4. The van der Waals surface area contributed by atoms with Crippen LogP contribution in [0, 0.1) is 0 Å². The van der Waals surface area contributed by atoms with Crippen LogP contribution in [-0.2, 0) is 32.2 Å². The molecule has 1 fully saturated rings. The van der Waals surface area contributed by atoms with Gasteiger partial charge in [-0.25, -0.2) is 0 Å². The van der Waals surface area contributed by atoms with Gasteiger partial charge in [-0.2, -0.15) is 8.78 Å². The summed E-state index contributed by atoms with van der Waals surface area (Å²) in [6, 6.07) is 5.89. The average molecular weight is 501 g/mol. The Bertz CT molecular complexity index is 1290. The molecule has 174 valence electrons. The Kier molecular flexibility index (Phi) is 6.58. The first-order chi connectivity index (χ1) is 16.7. The van der Waals surface area contributed by atoms with Crippen molar-refractivity contribution in [3.63, 3.8) is 0 Å². The van der Waals surface area contributed by atoms with Crippen LogP contribution in [0.25, 0.3) is 0 Å². The lowest BCUT2D eigenvalue weighted by molar-refractivity contribution is -0.154. The van der Waals surface area contributed by atoms with E-state index in [-0.39, 0.29) is 40.0 Å². The van der Waals surface area contributed by atoms with Crippen molar-refractivity contribution >= 4 is 72.2 Å². The predicted molar refractivity (Wildman–Crippen MR) is 129 cm³/mol. The maximum Gasteiger partial charge on any atom is 0.348 e. The van der Waals surface area contributed by atoms with Gasteiger partial charge < -0.3 is 9.71 Å². The van der Waals surface area contributed by atoms with Crippen LogP contribution in [0.5, 0.6) is 0 Å². The summed E-state index contributed by atoms with van der Waals surface area (Å²) in [5.41, 5.74) is -0.610. The Morgan fingerprint density at radius 2 is 1.83 bits per heavy atom. The average Bonchev–Trinajstić information content (AvgIpc) is 2.99. The normalized spacial score (nSPS) is 19.1. The summed E-state index contributed by atoms with van der Waals surface area (Å²) in [6.45, 7) is -0.526. The zero-order valence-corrected chi connectivity index (χ0v) is 19.4. The molecule has 0 aliphatic carbocycles. The number of hydrogen-bond donors (Lipinski definition) is 1. The largest absolute Gasteiger partial charge is 0.387 e. The van der Waals surface area contributed by atoms with Crippen molar-refractivity contribution in [2.24, 2.45) is 0 Å². The third-order valence-electron chi connectivity index (χ3n) is 6.10. The topological polar surface area (TPSA) is 86.8 Å². The van der Waals surface area contributed by atoms with Gasteiger partial charge in [0.05, 0.1) is 15.7 Å². The highest BCUT2D eigenvalue weighted by molar-refractivity contribution is 6.45. The van der Waals surface area contributed by atoms with Crippen LogP contribution in [0.15, 0.2) is 36.4 Å². The van der Waals surface area contributed by atoms with Crippen molar-refractivity contribution in [2.45, 2.75) is 36.7 Å². The van der Waals surface area contributed by atoms with E-state index in [0.29, 0.717) is 4.81 Å². The Hall–Kier alpha value is -3.07. The first-order valence-electron chi connectivity index (χ1n) is 10.6. The van der Waals surface area contributed by atoms with E-state index in [1.807, 2.05) is 0 Å². The van der Waals surface area contributed by atoms with Gasteiger partial charge in [0.25, 0.3) is 11.8 Å². The Labute approximate surface area is 215 Å². The molecule has 1 N–H and O–H groups in total.